The molecule has 0 radical (unpaired) electrons. The molecule has 2 N–H and O–H groups in total. The lowest BCUT2D eigenvalue weighted by Gasteiger charge is -2.26. The number of nitrogens with zero attached hydrogens (tertiary/aromatic N) is 1. The lowest BCUT2D eigenvalue weighted by atomic mass is 10.0. The molecule has 1 aromatic heterocycles. The number of aromatic nitrogens is 1. The monoisotopic (exact) mass is 286 g/mol. The van der Waals surface area contributed by atoms with Gasteiger partial charge in [0.05, 0.1) is 5.69 Å². The van der Waals surface area contributed by atoms with E-state index in [0.717, 1.165) is 23.6 Å². The van der Waals surface area contributed by atoms with E-state index >= 15 is 0 Å². The van der Waals surface area contributed by atoms with E-state index in [1.807, 2.05) is 24.8 Å². The van der Waals surface area contributed by atoms with Crippen LogP contribution in [0.3, 0.4) is 0 Å². The number of hydrogen-bond acceptors (Lipinski definition) is 4. The first-order chi connectivity index (χ1) is 9.74. The molecule has 20 heavy (non-hydrogen) atoms. The van der Waals surface area contributed by atoms with Gasteiger partial charge in [-0.25, -0.2) is 0 Å². The zero-order valence-electron chi connectivity index (χ0n) is 11.5. The SMILES string of the molecule is Cc1ccc(O)c(CNC2CCSc3ccccc32)n1. The quantitative estimate of drug-likeness (QED) is 0.907. The second-order valence-corrected chi connectivity index (χ2v) is 6.16. The predicted molar refractivity (Wildman–Crippen MR) is 82.0 cm³/mol. The van der Waals surface area contributed by atoms with Gasteiger partial charge in [0, 0.05) is 23.2 Å². The Hall–Kier alpha value is -1.52. The van der Waals surface area contributed by atoms with Gasteiger partial charge in [-0.1, -0.05) is 18.2 Å². The fraction of sp³-hybridized carbons (Fsp3) is 0.312. The molecule has 2 aromatic rings. The largest absolute Gasteiger partial charge is 0.506 e. The first-order valence-corrected chi connectivity index (χ1v) is 7.83. The number of nitrogens with one attached hydrogen (secondary N) is 1. The Morgan fingerprint density at radius 2 is 2.15 bits per heavy atom. The van der Waals surface area contributed by atoms with Gasteiger partial charge in [0.15, 0.2) is 0 Å². The Morgan fingerprint density at radius 1 is 1.30 bits per heavy atom. The summed E-state index contributed by atoms with van der Waals surface area (Å²) >= 11 is 1.91. The molecule has 1 aliphatic rings. The zero-order chi connectivity index (χ0) is 13.9. The normalized spacial score (nSPS) is 17.8. The molecule has 1 atom stereocenters. The highest BCUT2D eigenvalue weighted by atomic mass is 32.2. The lowest BCUT2D eigenvalue weighted by molar-refractivity contribution is 0.447. The molecule has 1 aromatic carbocycles. The molecule has 1 unspecified atom stereocenters. The first-order valence-electron chi connectivity index (χ1n) is 6.84. The van der Waals surface area contributed by atoms with Crippen LogP contribution >= 0.6 is 11.8 Å². The maximum atomic E-state index is 9.85. The minimum atomic E-state index is 0.265. The van der Waals surface area contributed by atoms with Crippen molar-refractivity contribution in [3.63, 3.8) is 0 Å². The van der Waals surface area contributed by atoms with Crippen LogP contribution in [0.15, 0.2) is 41.3 Å². The van der Waals surface area contributed by atoms with Gasteiger partial charge in [-0.05, 0) is 42.9 Å². The molecule has 0 bridgehead atoms. The third-order valence-electron chi connectivity index (χ3n) is 3.56. The van der Waals surface area contributed by atoms with E-state index in [4.69, 9.17) is 0 Å². The number of hydrogen-bond donors (Lipinski definition) is 2. The Morgan fingerprint density at radius 3 is 3.05 bits per heavy atom. The molecule has 0 amide bonds. The van der Waals surface area contributed by atoms with Crippen LogP contribution in [0.4, 0.5) is 0 Å². The van der Waals surface area contributed by atoms with Gasteiger partial charge >= 0.3 is 0 Å². The molecule has 0 saturated heterocycles. The van der Waals surface area contributed by atoms with E-state index in [2.05, 4.69) is 34.6 Å². The summed E-state index contributed by atoms with van der Waals surface area (Å²) in [6, 6.07) is 12.4. The van der Waals surface area contributed by atoms with Crippen molar-refractivity contribution in [1.82, 2.24) is 10.3 Å². The Balaban J connectivity index is 1.75. The van der Waals surface area contributed by atoms with Gasteiger partial charge in [0.2, 0.25) is 0 Å². The molecule has 0 saturated carbocycles. The predicted octanol–water partition coefficient (Wildman–Crippen LogP) is 3.42. The number of pyridine rings is 1. The van der Waals surface area contributed by atoms with E-state index in [0.29, 0.717) is 12.6 Å². The van der Waals surface area contributed by atoms with Crippen molar-refractivity contribution < 1.29 is 5.11 Å². The second kappa shape index (κ2) is 5.85. The maximum absolute atomic E-state index is 9.85. The Kier molecular flexibility index (Phi) is 3.94. The van der Waals surface area contributed by atoms with E-state index in [1.54, 1.807) is 6.07 Å². The van der Waals surface area contributed by atoms with Gasteiger partial charge in [0.1, 0.15) is 5.75 Å². The van der Waals surface area contributed by atoms with Gasteiger partial charge in [-0.2, -0.15) is 0 Å². The number of thioether (sulfide) groups is 1. The molecule has 2 heterocycles. The van der Waals surface area contributed by atoms with Crippen LogP contribution in [0.25, 0.3) is 0 Å². The lowest BCUT2D eigenvalue weighted by Crippen LogP contribution is -2.24. The summed E-state index contributed by atoms with van der Waals surface area (Å²) in [7, 11) is 0. The van der Waals surface area contributed by atoms with Crippen LogP contribution in [0.5, 0.6) is 5.75 Å². The van der Waals surface area contributed by atoms with E-state index < -0.39 is 0 Å². The smallest absolute Gasteiger partial charge is 0.138 e. The minimum Gasteiger partial charge on any atom is -0.506 e. The fourth-order valence-electron chi connectivity index (χ4n) is 2.51. The van der Waals surface area contributed by atoms with Crippen LogP contribution in [0.2, 0.25) is 0 Å². The summed E-state index contributed by atoms with van der Waals surface area (Å²) in [5.74, 6) is 1.39. The van der Waals surface area contributed by atoms with Gasteiger partial charge in [0.25, 0.3) is 0 Å². The molecule has 1 aliphatic heterocycles. The van der Waals surface area contributed by atoms with Gasteiger partial charge in [-0.15, -0.1) is 11.8 Å². The van der Waals surface area contributed by atoms with E-state index in [-0.39, 0.29) is 5.75 Å². The molecule has 104 valence electrons. The molecule has 0 aliphatic carbocycles. The number of benzene rings is 1. The number of rotatable bonds is 3. The summed E-state index contributed by atoms with van der Waals surface area (Å²) in [4.78, 5) is 5.75. The summed E-state index contributed by atoms with van der Waals surface area (Å²) in [6.45, 7) is 2.53. The second-order valence-electron chi connectivity index (χ2n) is 5.03. The molecule has 4 heteroatoms. The summed E-state index contributed by atoms with van der Waals surface area (Å²) in [5, 5.41) is 13.4. The minimum absolute atomic E-state index is 0.265. The number of aryl methyl sites for hydroxylation is 1. The standard InChI is InChI=1S/C16H18N2OS/c1-11-6-7-15(19)14(18-11)10-17-13-8-9-20-16-5-3-2-4-12(13)16/h2-7,13,17,19H,8-10H2,1H3. The van der Waals surface area contributed by atoms with Crippen LogP contribution in [-0.4, -0.2) is 15.8 Å². The summed E-state index contributed by atoms with van der Waals surface area (Å²) < 4.78 is 0. The van der Waals surface area contributed by atoms with Gasteiger partial charge in [-0.3, -0.25) is 4.98 Å². The van der Waals surface area contributed by atoms with Crippen molar-refractivity contribution in [2.24, 2.45) is 0 Å². The highest BCUT2D eigenvalue weighted by Crippen LogP contribution is 2.36. The zero-order valence-corrected chi connectivity index (χ0v) is 12.3. The molecule has 3 nitrogen and oxygen atoms in total. The first kappa shape index (κ1) is 13.5. The number of fused-ring (bicyclic) bond motifs is 1. The fourth-order valence-corrected chi connectivity index (χ4v) is 3.63. The average molecular weight is 286 g/mol. The molecular weight excluding hydrogens is 268 g/mol. The van der Waals surface area contributed by atoms with Gasteiger partial charge < -0.3 is 10.4 Å². The van der Waals surface area contributed by atoms with Crippen molar-refractivity contribution >= 4 is 11.8 Å². The van der Waals surface area contributed by atoms with E-state index in [9.17, 15) is 5.11 Å². The molecule has 0 fully saturated rings. The topological polar surface area (TPSA) is 45.1 Å². The van der Waals surface area contributed by atoms with Crippen LogP contribution in [0, 0.1) is 6.92 Å². The van der Waals surface area contributed by atoms with Crippen molar-refractivity contribution in [3.05, 3.63) is 53.3 Å². The highest BCUT2D eigenvalue weighted by Gasteiger charge is 2.20. The maximum Gasteiger partial charge on any atom is 0.138 e. The molecule has 3 rings (SSSR count). The third-order valence-corrected chi connectivity index (χ3v) is 4.69. The van der Waals surface area contributed by atoms with Crippen molar-refractivity contribution in [3.8, 4) is 5.75 Å². The number of aromatic hydroxyl groups is 1. The Labute approximate surface area is 123 Å². The van der Waals surface area contributed by atoms with Crippen LogP contribution in [-0.2, 0) is 6.54 Å². The molecule has 0 spiro atoms. The average Bonchev–Trinajstić information content (AvgIpc) is 2.48. The summed E-state index contributed by atoms with van der Waals surface area (Å²) in [6.07, 6.45) is 1.11. The van der Waals surface area contributed by atoms with Crippen molar-refractivity contribution in [2.45, 2.75) is 30.8 Å². The van der Waals surface area contributed by atoms with Crippen LogP contribution in [0.1, 0.15) is 29.4 Å². The van der Waals surface area contributed by atoms with Crippen molar-refractivity contribution in [2.75, 3.05) is 5.75 Å². The third kappa shape index (κ3) is 2.81. The molecular formula is C16H18N2OS. The summed E-state index contributed by atoms with van der Waals surface area (Å²) in [5.41, 5.74) is 3.01. The van der Waals surface area contributed by atoms with Crippen LogP contribution < -0.4 is 5.32 Å². The van der Waals surface area contributed by atoms with E-state index in [1.165, 1.54) is 10.5 Å². The highest BCUT2D eigenvalue weighted by molar-refractivity contribution is 7.99. The van der Waals surface area contributed by atoms with Crippen molar-refractivity contribution in [1.29, 1.82) is 0 Å². The Bertz CT molecular complexity index is 615.